The van der Waals surface area contributed by atoms with Gasteiger partial charge in [0.1, 0.15) is 0 Å². The second kappa shape index (κ2) is 9.37. The molecule has 1 aliphatic rings. The van der Waals surface area contributed by atoms with Crippen molar-refractivity contribution in [1.29, 1.82) is 0 Å². The summed E-state index contributed by atoms with van der Waals surface area (Å²) in [6.07, 6.45) is 8.58. The van der Waals surface area contributed by atoms with Gasteiger partial charge in [0.2, 0.25) is 11.8 Å². The van der Waals surface area contributed by atoms with Crippen LogP contribution in [-0.4, -0.2) is 24.4 Å². The predicted octanol–water partition coefficient (Wildman–Crippen LogP) is 3.73. The molecule has 0 aliphatic heterocycles. The van der Waals surface area contributed by atoms with E-state index in [1.807, 2.05) is 42.5 Å². The minimum Gasteiger partial charge on any atom is -0.352 e. The molecule has 2 amide bonds. The van der Waals surface area contributed by atoms with Gasteiger partial charge < -0.3 is 10.6 Å². The highest BCUT2D eigenvalue weighted by molar-refractivity contribution is 5.91. The van der Waals surface area contributed by atoms with Crippen molar-refractivity contribution in [2.75, 3.05) is 6.54 Å². The molecule has 1 aliphatic carbocycles. The number of benzene rings is 2. The van der Waals surface area contributed by atoms with Gasteiger partial charge in [-0.1, -0.05) is 74.6 Å². The lowest BCUT2D eigenvalue weighted by molar-refractivity contribution is -0.126. The Morgan fingerprint density at radius 1 is 0.846 bits per heavy atom. The van der Waals surface area contributed by atoms with Gasteiger partial charge in [0.05, 0.1) is 13.0 Å². The summed E-state index contributed by atoms with van der Waals surface area (Å²) < 4.78 is 0. The van der Waals surface area contributed by atoms with Crippen molar-refractivity contribution in [2.24, 2.45) is 0 Å². The van der Waals surface area contributed by atoms with E-state index in [2.05, 4.69) is 10.6 Å². The van der Waals surface area contributed by atoms with E-state index in [9.17, 15) is 9.59 Å². The van der Waals surface area contributed by atoms with Crippen LogP contribution in [0.15, 0.2) is 42.5 Å². The number of hydrogen-bond donors (Lipinski definition) is 2. The molecule has 4 nitrogen and oxygen atoms in total. The van der Waals surface area contributed by atoms with Gasteiger partial charge in [-0.3, -0.25) is 9.59 Å². The lowest BCUT2D eigenvalue weighted by atomic mass is 9.97. The third-order valence-corrected chi connectivity index (χ3v) is 5.15. The maximum absolute atomic E-state index is 12.3. The van der Waals surface area contributed by atoms with Crippen LogP contribution in [0.4, 0.5) is 0 Å². The Morgan fingerprint density at radius 2 is 1.54 bits per heavy atom. The van der Waals surface area contributed by atoms with Gasteiger partial charge in [0, 0.05) is 6.04 Å². The van der Waals surface area contributed by atoms with E-state index < -0.39 is 0 Å². The van der Waals surface area contributed by atoms with Gasteiger partial charge in [-0.25, -0.2) is 0 Å². The van der Waals surface area contributed by atoms with Gasteiger partial charge in [0.25, 0.3) is 0 Å². The second-order valence-corrected chi connectivity index (χ2v) is 7.20. The molecule has 0 atom stereocenters. The molecule has 26 heavy (non-hydrogen) atoms. The third kappa shape index (κ3) is 5.32. The summed E-state index contributed by atoms with van der Waals surface area (Å²) in [5, 5.41) is 8.06. The molecule has 2 aromatic carbocycles. The SMILES string of the molecule is O=C(Cc1cccc2ccccc12)NCC(=O)NC1CCCCCCC1. The monoisotopic (exact) mass is 352 g/mol. The van der Waals surface area contributed by atoms with Crippen molar-refractivity contribution in [3.63, 3.8) is 0 Å². The fourth-order valence-corrected chi connectivity index (χ4v) is 3.74. The van der Waals surface area contributed by atoms with E-state index in [4.69, 9.17) is 0 Å². The molecule has 0 heterocycles. The number of carbonyl (C=O) groups is 2. The molecular formula is C22H28N2O2. The quantitative estimate of drug-likeness (QED) is 0.861. The van der Waals surface area contributed by atoms with Crippen molar-refractivity contribution < 1.29 is 9.59 Å². The molecule has 4 heteroatoms. The Hall–Kier alpha value is -2.36. The molecule has 1 fully saturated rings. The molecule has 0 bridgehead atoms. The predicted molar refractivity (Wildman–Crippen MR) is 105 cm³/mol. The fraction of sp³-hybridized carbons (Fsp3) is 0.455. The summed E-state index contributed by atoms with van der Waals surface area (Å²) in [6, 6.07) is 14.3. The van der Waals surface area contributed by atoms with E-state index in [0.29, 0.717) is 0 Å². The second-order valence-electron chi connectivity index (χ2n) is 7.20. The summed E-state index contributed by atoms with van der Waals surface area (Å²) >= 11 is 0. The van der Waals surface area contributed by atoms with Gasteiger partial charge in [-0.15, -0.1) is 0 Å². The molecule has 138 valence electrons. The maximum atomic E-state index is 12.3. The minimum atomic E-state index is -0.117. The Balaban J connectivity index is 1.48. The molecule has 0 aromatic heterocycles. The largest absolute Gasteiger partial charge is 0.352 e. The maximum Gasteiger partial charge on any atom is 0.239 e. The zero-order valence-electron chi connectivity index (χ0n) is 15.3. The van der Waals surface area contributed by atoms with Crippen LogP contribution in [0, 0.1) is 0 Å². The average molecular weight is 352 g/mol. The number of fused-ring (bicyclic) bond motifs is 1. The molecule has 1 saturated carbocycles. The molecule has 3 rings (SSSR count). The number of amides is 2. The lowest BCUT2D eigenvalue weighted by Gasteiger charge is -2.21. The molecule has 2 N–H and O–H groups in total. The summed E-state index contributed by atoms with van der Waals surface area (Å²) in [5.74, 6) is -0.198. The topological polar surface area (TPSA) is 58.2 Å². The van der Waals surface area contributed by atoms with Crippen molar-refractivity contribution in [3.8, 4) is 0 Å². The van der Waals surface area contributed by atoms with Gasteiger partial charge in [-0.2, -0.15) is 0 Å². The third-order valence-electron chi connectivity index (χ3n) is 5.15. The normalized spacial score (nSPS) is 15.8. The molecule has 0 spiro atoms. The van der Waals surface area contributed by atoms with Gasteiger partial charge in [-0.05, 0) is 29.2 Å². The van der Waals surface area contributed by atoms with Crippen LogP contribution < -0.4 is 10.6 Å². The first-order chi connectivity index (χ1) is 12.7. The molecular weight excluding hydrogens is 324 g/mol. The smallest absolute Gasteiger partial charge is 0.239 e. The number of hydrogen-bond acceptors (Lipinski definition) is 2. The standard InChI is InChI=1S/C22H28N2O2/c25-21(15-18-11-8-10-17-9-6-7-14-20(17)18)23-16-22(26)24-19-12-4-2-1-3-5-13-19/h6-11,14,19H,1-5,12-13,15-16H2,(H,23,25)(H,24,26). The van der Waals surface area contributed by atoms with Crippen LogP contribution in [0.5, 0.6) is 0 Å². The molecule has 0 radical (unpaired) electrons. The zero-order valence-corrected chi connectivity index (χ0v) is 15.3. The Morgan fingerprint density at radius 3 is 2.35 bits per heavy atom. The highest BCUT2D eigenvalue weighted by Crippen LogP contribution is 2.19. The van der Waals surface area contributed by atoms with Crippen LogP contribution in [0.1, 0.15) is 50.5 Å². The van der Waals surface area contributed by atoms with Crippen LogP contribution >= 0.6 is 0 Å². The van der Waals surface area contributed by atoms with E-state index >= 15 is 0 Å². The van der Waals surface area contributed by atoms with E-state index in [1.165, 1.54) is 32.1 Å². The van der Waals surface area contributed by atoms with Crippen molar-refractivity contribution in [1.82, 2.24) is 10.6 Å². The Kier molecular flexibility index (Phi) is 6.64. The van der Waals surface area contributed by atoms with Crippen LogP contribution in [0.25, 0.3) is 10.8 Å². The zero-order chi connectivity index (χ0) is 18.2. The first kappa shape index (κ1) is 18.4. The van der Waals surface area contributed by atoms with E-state index in [-0.39, 0.29) is 30.8 Å². The summed E-state index contributed by atoms with van der Waals surface area (Å²) in [4.78, 5) is 24.4. The average Bonchev–Trinajstić information content (AvgIpc) is 2.62. The summed E-state index contributed by atoms with van der Waals surface area (Å²) in [6.45, 7) is 0.0557. The minimum absolute atomic E-state index is 0.0557. The Labute approximate surface area is 155 Å². The molecule has 0 unspecified atom stereocenters. The Bertz CT molecular complexity index is 743. The van der Waals surface area contributed by atoms with Gasteiger partial charge >= 0.3 is 0 Å². The summed E-state index contributed by atoms with van der Waals surface area (Å²) in [5.41, 5.74) is 0.987. The highest BCUT2D eigenvalue weighted by Gasteiger charge is 2.15. The van der Waals surface area contributed by atoms with Gasteiger partial charge in [0.15, 0.2) is 0 Å². The first-order valence-corrected chi connectivity index (χ1v) is 9.75. The number of nitrogens with one attached hydrogen (secondary N) is 2. The van der Waals surface area contributed by atoms with E-state index in [1.54, 1.807) is 0 Å². The van der Waals surface area contributed by atoms with Crippen LogP contribution in [0.2, 0.25) is 0 Å². The summed E-state index contributed by atoms with van der Waals surface area (Å²) in [7, 11) is 0. The number of carbonyl (C=O) groups excluding carboxylic acids is 2. The number of rotatable bonds is 5. The lowest BCUT2D eigenvalue weighted by Crippen LogP contribution is -2.42. The van der Waals surface area contributed by atoms with E-state index in [0.717, 1.165) is 29.2 Å². The van der Waals surface area contributed by atoms with Crippen LogP contribution in [-0.2, 0) is 16.0 Å². The van der Waals surface area contributed by atoms with Crippen molar-refractivity contribution in [3.05, 3.63) is 48.0 Å². The molecule has 2 aromatic rings. The fourth-order valence-electron chi connectivity index (χ4n) is 3.74. The highest BCUT2D eigenvalue weighted by atomic mass is 16.2. The van der Waals surface area contributed by atoms with Crippen molar-refractivity contribution in [2.45, 2.75) is 57.4 Å². The molecule has 0 saturated heterocycles. The first-order valence-electron chi connectivity index (χ1n) is 9.75. The van der Waals surface area contributed by atoms with Crippen molar-refractivity contribution >= 4 is 22.6 Å². The van der Waals surface area contributed by atoms with Crippen LogP contribution in [0.3, 0.4) is 0 Å².